The van der Waals surface area contributed by atoms with Gasteiger partial charge in [0, 0.05) is 12.1 Å². The van der Waals surface area contributed by atoms with E-state index in [1.165, 1.54) is 31.2 Å². The number of hydrogen-bond donors (Lipinski definition) is 1. The van der Waals surface area contributed by atoms with Gasteiger partial charge in [-0.1, -0.05) is 44.2 Å². The lowest BCUT2D eigenvalue weighted by Gasteiger charge is -2.38. The molecule has 1 aliphatic rings. The van der Waals surface area contributed by atoms with Crippen molar-refractivity contribution in [1.82, 2.24) is 5.32 Å². The van der Waals surface area contributed by atoms with E-state index in [4.69, 9.17) is 0 Å². The summed E-state index contributed by atoms with van der Waals surface area (Å²) in [6.07, 6.45) is 5.28. The van der Waals surface area contributed by atoms with Gasteiger partial charge in [-0.05, 0) is 50.0 Å². The first-order chi connectivity index (χ1) is 8.65. The molecule has 1 nitrogen and oxygen atoms in total. The highest BCUT2D eigenvalue weighted by molar-refractivity contribution is 5.22. The van der Waals surface area contributed by atoms with Gasteiger partial charge in [-0.3, -0.25) is 0 Å². The summed E-state index contributed by atoms with van der Waals surface area (Å²) in [7, 11) is 0. The predicted octanol–water partition coefficient (Wildman–Crippen LogP) is 4.35. The largest absolute Gasteiger partial charge is 0.311 e. The molecule has 0 bridgehead atoms. The van der Waals surface area contributed by atoms with E-state index in [1.807, 2.05) is 0 Å². The number of nitrogens with one attached hydrogen (secondary N) is 1. The second kappa shape index (κ2) is 6.38. The molecule has 1 saturated carbocycles. The van der Waals surface area contributed by atoms with Crippen LogP contribution in [0.1, 0.15) is 57.9 Å². The molecule has 1 aliphatic carbocycles. The highest BCUT2D eigenvalue weighted by Crippen LogP contribution is 2.36. The maximum Gasteiger partial charge on any atom is 0.00812 e. The minimum Gasteiger partial charge on any atom is -0.311 e. The first-order valence-corrected chi connectivity index (χ1v) is 7.46. The monoisotopic (exact) mass is 245 g/mol. The first-order valence-electron chi connectivity index (χ1n) is 7.46. The maximum atomic E-state index is 3.77. The van der Waals surface area contributed by atoms with Gasteiger partial charge in [0.15, 0.2) is 0 Å². The Bertz CT molecular complexity index is 338. The third kappa shape index (κ3) is 3.84. The third-order valence-corrected chi connectivity index (χ3v) is 4.11. The molecule has 1 unspecified atom stereocenters. The van der Waals surface area contributed by atoms with Gasteiger partial charge < -0.3 is 5.32 Å². The summed E-state index contributed by atoms with van der Waals surface area (Å²) < 4.78 is 0. The molecular weight excluding hydrogens is 218 g/mol. The summed E-state index contributed by atoms with van der Waals surface area (Å²) in [6.45, 7) is 6.95. The lowest BCUT2D eigenvalue weighted by Crippen LogP contribution is -2.44. The van der Waals surface area contributed by atoms with E-state index >= 15 is 0 Å². The van der Waals surface area contributed by atoms with Crippen LogP contribution in [0.15, 0.2) is 30.3 Å². The summed E-state index contributed by atoms with van der Waals surface area (Å²) in [6, 6.07) is 12.4. The fourth-order valence-electron chi connectivity index (χ4n) is 2.82. The zero-order valence-corrected chi connectivity index (χ0v) is 12.0. The number of benzene rings is 1. The maximum absolute atomic E-state index is 3.77. The van der Waals surface area contributed by atoms with Crippen molar-refractivity contribution in [2.45, 2.75) is 64.5 Å². The molecule has 0 aliphatic heterocycles. The van der Waals surface area contributed by atoms with E-state index in [9.17, 15) is 0 Å². The van der Waals surface area contributed by atoms with Crippen molar-refractivity contribution < 1.29 is 0 Å². The van der Waals surface area contributed by atoms with E-state index in [-0.39, 0.29) is 0 Å². The second-order valence-electron chi connectivity index (χ2n) is 6.31. The predicted molar refractivity (Wildman–Crippen MR) is 78.9 cm³/mol. The summed E-state index contributed by atoms with van der Waals surface area (Å²) in [5.74, 6) is 1.62. The van der Waals surface area contributed by atoms with Gasteiger partial charge in [-0.25, -0.2) is 0 Å². The Morgan fingerprint density at radius 3 is 2.33 bits per heavy atom. The Morgan fingerprint density at radius 1 is 1.06 bits per heavy atom. The zero-order valence-electron chi connectivity index (χ0n) is 12.0. The summed E-state index contributed by atoms with van der Waals surface area (Å²) in [5.41, 5.74) is 1.52. The molecule has 0 radical (unpaired) electrons. The van der Waals surface area contributed by atoms with Crippen LogP contribution < -0.4 is 5.32 Å². The van der Waals surface area contributed by atoms with Crippen molar-refractivity contribution in [3.05, 3.63) is 35.9 Å². The van der Waals surface area contributed by atoms with Gasteiger partial charge in [-0.15, -0.1) is 0 Å². The van der Waals surface area contributed by atoms with Crippen molar-refractivity contribution in [3.63, 3.8) is 0 Å². The minimum absolute atomic E-state index is 0.675. The smallest absolute Gasteiger partial charge is 0.00812 e. The number of rotatable bonds is 6. The molecule has 1 fully saturated rings. The van der Waals surface area contributed by atoms with Crippen LogP contribution in [0.4, 0.5) is 0 Å². The summed E-state index contributed by atoms with van der Waals surface area (Å²) in [4.78, 5) is 0. The lowest BCUT2D eigenvalue weighted by atomic mass is 9.75. The van der Waals surface area contributed by atoms with Gasteiger partial charge in [0.1, 0.15) is 0 Å². The normalized spacial score (nSPS) is 24.9. The van der Waals surface area contributed by atoms with Crippen molar-refractivity contribution in [1.29, 1.82) is 0 Å². The van der Waals surface area contributed by atoms with Gasteiger partial charge in [-0.2, -0.15) is 0 Å². The average molecular weight is 245 g/mol. The van der Waals surface area contributed by atoms with E-state index in [0.29, 0.717) is 6.04 Å². The van der Waals surface area contributed by atoms with Crippen LogP contribution in [-0.2, 0) is 0 Å². The molecule has 0 heterocycles. The quantitative estimate of drug-likeness (QED) is 0.786. The summed E-state index contributed by atoms with van der Waals surface area (Å²) >= 11 is 0. The standard InChI is InChI=1S/C17H27N/c1-13(2)9-10-14(3)18-17-11-16(12-17)15-7-5-4-6-8-15/h4-8,13-14,16-18H,9-12H2,1-3H3. The highest BCUT2D eigenvalue weighted by atomic mass is 15.0. The van der Waals surface area contributed by atoms with Crippen molar-refractivity contribution in [3.8, 4) is 0 Å². The molecule has 18 heavy (non-hydrogen) atoms. The number of hydrogen-bond acceptors (Lipinski definition) is 1. The molecule has 0 saturated heterocycles. The van der Waals surface area contributed by atoms with Crippen LogP contribution in [0, 0.1) is 5.92 Å². The zero-order chi connectivity index (χ0) is 13.0. The van der Waals surface area contributed by atoms with E-state index in [1.54, 1.807) is 0 Å². The average Bonchev–Trinajstić information content (AvgIpc) is 2.32. The highest BCUT2D eigenvalue weighted by Gasteiger charge is 2.30. The molecule has 1 aromatic rings. The van der Waals surface area contributed by atoms with E-state index in [2.05, 4.69) is 56.4 Å². The molecule has 0 spiro atoms. The van der Waals surface area contributed by atoms with E-state index in [0.717, 1.165) is 17.9 Å². The van der Waals surface area contributed by atoms with Crippen LogP contribution in [0.5, 0.6) is 0 Å². The van der Waals surface area contributed by atoms with Gasteiger partial charge >= 0.3 is 0 Å². The van der Waals surface area contributed by atoms with Crippen molar-refractivity contribution >= 4 is 0 Å². The van der Waals surface area contributed by atoms with Crippen molar-refractivity contribution in [2.24, 2.45) is 5.92 Å². The molecule has 1 aromatic carbocycles. The van der Waals surface area contributed by atoms with Gasteiger partial charge in [0.25, 0.3) is 0 Å². The van der Waals surface area contributed by atoms with Crippen LogP contribution in [0.3, 0.4) is 0 Å². The third-order valence-electron chi connectivity index (χ3n) is 4.11. The first kappa shape index (κ1) is 13.6. The molecule has 1 N–H and O–H groups in total. The van der Waals surface area contributed by atoms with Gasteiger partial charge in [0.05, 0.1) is 0 Å². The molecular formula is C17H27N. The fourth-order valence-corrected chi connectivity index (χ4v) is 2.82. The molecule has 0 amide bonds. The molecule has 1 heteroatoms. The fraction of sp³-hybridized carbons (Fsp3) is 0.647. The van der Waals surface area contributed by atoms with Crippen LogP contribution in [0.2, 0.25) is 0 Å². The minimum atomic E-state index is 0.675. The van der Waals surface area contributed by atoms with E-state index < -0.39 is 0 Å². The summed E-state index contributed by atoms with van der Waals surface area (Å²) in [5, 5.41) is 3.77. The van der Waals surface area contributed by atoms with Crippen LogP contribution >= 0.6 is 0 Å². The SMILES string of the molecule is CC(C)CCC(C)NC1CC(c2ccccc2)C1. The Hall–Kier alpha value is -0.820. The molecule has 1 atom stereocenters. The topological polar surface area (TPSA) is 12.0 Å². The Morgan fingerprint density at radius 2 is 1.72 bits per heavy atom. The van der Waals surface area contributed by atoms with Crippen molar-refractivity contribution in [2.75, 3.05) is 0 Å². The second-order valence-corrected chi connectivity index (χ2v) is 6.31. The molecule has 0 aromatic heterocycles. The Kier molecular flexibility index (Phi) is 4.82. The van der Waals surface area contributed by atoms with Crippen LogP contribution in [0.25, 0.3) is 0 Å². The van der Waals surface area contributed by atoms with Gasteiger partial charge in [0.2, 0.25) is 0 Å². The molecule has 100 valence electrons. The Balaban J connectivity index is 1.67. The molecule has 2 rings (SSSR count). The lowest BCUT2D eigenvalue weighted by molar-refractivity contribution is 0.261. The van der Waals surface area contributed by atoms with Crippen LogP contribution in [-0.4, -0.2) is 12.1 Å². The Labute approximate surface area is 112 Å².